The number of benzene rings is 1. The van der Waals surface area contributed by atoms with E-state index in [1.807, 2.05) is 30.3 Å². The van der Waals surface area contributed by atoms with E-state index in [1.165, 1.54) is 0 Å². The van der Waals surface area contributed by atoms with Crippen LogP contribution in [0.25, 0.3) is 0 Å². The average molecular weight is 427 g/mol. The van der Waals surface area contributed by atoms with Crippen molar-refractivity contribution in [2.75, 3.05) is 18.4 Å². The molecular formula is C12H22IN5O2S. The molecule has 0 amide bonds. The molecule has 1 rings (SSSR count). The van der Waals surface area contributed by atoms with Crippen molar-refractivity contribution in [2.45, 2.75) is 19.9 Å². The Labute approximate surface area is 143 Å². The lowest BCUT2D eigenvalue weighted by Crippen LogP contribution is -2.41. The zero-order valence-electron chi connectivity index (χ0n) is 12.0. The minimum atomic E-state index is -3.47. The lowest BCUT2D eigenvalue weighted by molar-refractivity contribution is 0.555. The Hall–Kier alpha value is -0.910. The Morgan fingerprint density at radius 3 is 2.48 bits per heavy atom. The second kappa shape index (κ2) is 9.92. The second-order valence-corrected chi connectivity index (χ2v) is 5.96. The van der Waals surface area contributed by atoms with E-state index >= 15 is 0 Å². The monoisotopic (exact) mass is 427 g/mol. The number of anilines is 1. The number of nitrogens with one attached hydrogen (secondary N) is 3. The average Bonchev–Trinajstić information content (AvgIpc) is 2.34. The Bertz CT molecular complexity index is 534. The fourth-order valence-electron chi connectivity index (χ4n) is 1.42. The summed E-state index contributed by atoms with van der Waals surface area (Å²) in [4.78, 5) is 4.03. The first-order chi connectivity index (χ1) is 9.39. The molecule has 1 aromatic carbocycles. The third-order valence-electron chi connectivity index (χ3n) is 2.12. The van der Waals surface area contributed by atoms with Crippen LogP contribution in [-0.4, -0.2) is 33.5 Å². The van der Waals surface area contributed by atoms with Crippen molar-refractivity contribution in [1.29, 1.82) is 0 Å². The Morgan fingerprint density at radius 2 is 1.90 bits per heavy atom. The van der Waals surface area contributed by atoms with Crippen LogP contribution in [-0.2, 0) is 10.2 Å². The third kappa shape index (κ3) is 9.61. The standard InChI is InChI=1S/C12H21N5O2S.HI/c1-10(2)17-20(18,19)15-9-8-14-12(13)16-11-6-4-3-5-7-11;/h3-7,10,15,17H,8-9H2,1-2H3,(H3,13,14,16);1H. The van der Waals surface area contributed by atoms with Gasteiger partial charge in [-0.05, 0) is 26.0 Å². The van der Waals surface area contributed by atoms with Crippen LogP contribution in [0.4, 0.5) is 5.69 Å². The quantitative estimate of drug-likeness (QED) is 0.224. The summed E-state index contributed by atoms with van der Waals surface area (Å²) >= 11 is 0. The highest BCUT2D eigenvalue weighted by atomic mass is 127. The van der Waals surface area contributed by atoms with Crippen LogP contribution in [0.2, 0.25) is 0 Å². The smallest absolute Gasteiger partial charge is 0.277 e. The van der Waals surface area contributed by atoms with Gasteiger partial charge in [0.2, 0.25) is 0 Å². The molecule has 0 aliphatic carbocycles. The van der Waals surface area contributed by atoms with Crippen LogP contribution in [0, 0.1) is 0 Å². The summed E-state index contributed by atoms with van der Waals surface area (Å²) < 4.78 is 27.7. The molecule has 9 heteroatoms. The fraction of sp³-hybridized carbons (Fsp3) is 0.417. The van der Waals surface area contributed by atoms with Gasteiger partial charge in [-0.25, -0.2) is 4.72 Å². The summed E-state index contributed by atoms with van der Waals surface area (Å²) in [5.41, 5.74) is 6.51. The summed E-state index contributed by atoms with van der Waals surface area (Å²) in [6.07, 6.45) is 0. The second-order valence-electron chi connectivity index (χ2n) is 4.43. The summed E-state index contributed by atoms with van der Waals surface area (Å²) in [6.45, 7) is 3.93. The molecule has 0 radical (unpaired) electrons. The van der Waals surface area contributed by atoms with Gasteiger partial charge in [-0.15, -0.1) is 24.0 Å². The highest BCUT2D eigenvalue weighted by Crippen LogP contribution is 2.03. The molecule has 5 N–H and O–H groups in total. The van der Waals surface area contributed by atoms with Gasteiger partial charge in [0, 0.05) is 18.3 Å². The lowest BCUT2D eigenvalue weighted by Gasteiger charge is -2.10. The Balaban J connectivity index is 0.00000400. The molecule has 1 aromatic rings. The van der Waals surface area contributed by atoms with Gasteiger partial charge in [0.25, 0.3) is 10.2 Å². The van der Waals surface area contributed by atoms with Crippen molar-refractivity contribution in [3.63, 3.8) is 0 Å². The largest absolute Gasteiger partial charge is 0.370 e. The molecule has 7 nitrogen and oxygen atoms in total. The molecule has 0 saturated carbocycles. The number of hydrogen-bond donors (Lipinski definition) is 4. The summed E-state index contributed by atoms with van der Waals surface area (Å²) in [5, 5.41) is 2.91. The zero-order chi connectivity index (χ0) is 15.0. The van der Waals surface area contributed by atoms with Crippen LogP contribution < -0.4 is 20.5 Å². The van der Waals surface area contributed by atoms with E-state index in [9.17, 15) is 8.42 Å². The van der Waals surface area contributed by atoms with Gasteiger partial charge in [-0.2, -0.15) is 13.1 Å². The van der Waals surface area contributed by atoms with E-state index in [4.69, 9.17) is 5.73 Å². The molecule has 0 fully saturated rings. The normalized spacial score (nSPS) is 12.0. The molecule has 0 aliphatic rings. The summed E-state index contributed by atoms with van der Waals surface area (Å²) in [5.74, 6) is 0.243. The molecule has 0 heterocycles. The summed E-state index contributed by atoms with van der Waals surface area (Å²) in [6, 6.07) is 9.22. The summed E-state index contributed by atoms with van der Waals surface area (Å²) in [7, 11) is -3.47. The van der Waals surface area contributed by atoms with E-state index in [0.717, 1.165) is 5.69 Å². The van der Waals surface area contributed by atoms with Gasteiger partial charge in [0.05, 0.1) is 6.54 Å². The predicted molar refractivity (Wildman–Crippen MR) is 97.2 cm³/mol. The first-order valence-corrected chi connectivity index (χ1v) is 7.76. The van der Waals surface area contributed by atoms with Crippen LogP contribution in [0.5, 0.6) is 0 Å². The van der Waals surface area contributed by atoms with E-state index in [1.54, 1.807) is 13.8 Å². The number of hydrogen-bond acceptors (Lipinski definition) is 3. The molecule has 0 unspecified atom stereocenters. The van der Waals surface area contributed by atoms with Crippen molar-refractivity contribution in [2.24, 2.45) is 10.7 Å². The van der Waals surface area contributed by atoms with Crippen molar-refractivity contribution in [3.8, 4) is 0 Å². The molecule has 21 heavy (non-hydrogen) atoms. The predicted octanol–water partition coefficient (Wildman–Crippen LogP) is 0.864. The number of rotatable bonds is 7. The zero-order valence-corrected chi connectivity index (χ0v) is 15.2. The topological polar surface area (TPSA) is 109 Å². The van der Waals surface area contributed by atoms with Gasteiger partial charge in [-0.3, -0.25) is 4.99 Å². The van der Waals surface area contributed by atoms with E-state index in [0.29, 0.717) is 0 Å². The number of aliphatic imine (C=N–C) groups is 1. The maximum atomic E-state index is 11.5. The minimum absolute atomic E-state index is 0. The first kappa shape index (κ1) is 20.1. The van der Waals surface area contributed by atoms with E-state index in [-0.39, 0.29) is 49.1 Å². The number of para-hydroxylation sites is 1. The number of halogens is 1. The third-order valence-corrected chi connectivity index (χ3v) is 3.49. The molecule has 0 atom stereocenters. The van der Waals surface area contributed by atoms with Crippen molar-refractivity contribution >= 4 is 45.8 Å². The SMILES string of the molecule is CC(C)NS(=O)(=O)NCCN=C(N)Nc1ccccc1.I. The van der Waals surface area contributed by atoms with Crippen LogP contribution >= 0.6 is 24.0 Å². The molecule has 0 aliphatic heterocycles. The van der Waals surface area contributed by atoms with E-state index in [2.05, 4.69) is 19.8 Å². The molecule has 0 bridgehead atoms. The minimum Gasteiger partial charge on any atom is -0.370 e. The number of guanidine groups is 1. The molecule has 0 aromatic heterocycles. The highest BCUT2D eigenvalue weighted by molar-refractivity contribution is 14.0. The maximum Gasteiger partial charge on any atom is 0.277 e. The first-order valence-electron chi connectivity index (χ1n) is 6.28. The van der Waals surface area contributed by atoms with Crippen molar-refractivity contribution < 1.29 is 8.42 Å². The molecule has 0 saturated heterocycles. The van der Waals surface area contributed by atoms with Gasteiger partial charge in [0.1, 0.15) is 0 Å². The van der Waals surface area contributed by atoms with Crippen LogP contribution in [0.1, 0.15) is 13.8 Å². The van der Waals surface area contributed by atoms with Gasteiger partial charge in [-0.1, -0.05) is 18.2 Å². The van der Waals surface area contributed by atoms with Gasteiger partial charge in [0.15, 0.2) is 5.96 Å². The van der Waals surface area contributed by atoms with Gasteiger partial charge >= 0.3 is 0 Å². The lowest BCUT2D eigenvalue weighted by atomic mass is 10.3. The van der Waals surface area contributed by atoms with Gasteiger partial charge < -0.3 is 11.1 Å². The Morgan fingerprint density at radius 1 is 1.29 bits per heavy atom. The number of nitrogens with zero attached hydrogens (tertiary/aromatic N) is 1. The van der Waals surface area contributed by atoms with Crippen LogP contribution in [0.3, 0.4) is 0 Å². The number of nitrogens with two attached hydrogens (primary N) is 1. The fourth-order valence-corrected chi connectivity index (χ4v) is 2.48. The molecule has 0 spiro atoms. The maximum absolute atomic E-state index is 11.5. The van der Waals surface area contributed by atoms with E-state index < -0.39 is 10.2 Å². The van der Waals surface area contributed by atoms with Crippen LogP contribution in [0.15, 0.2) is 35.3 Å². The van der Waals surface area contributed by atoms with Crippen molar-refractivity contribution in [1.82, 2.24) is 9.44 Å². The highest BCUT2D eigenvalue weighted by Gasteiger charge is 2.09. The van der Waals surface area contributed by atoms with Crippen molar-refractivity contribution in [3.05, 3.63) is 30.3 Å². The Kier molecular flexibility index (Phi) is 9.49. The molecular weight excluding hydrogens is 405 g/mol. The molecule has 120 valence electrons.